The van der Waals surface area contributed by atoms with E-state index in [1.54, 1.807) is 41.0 Å². The first kappa shape index (κ1) is 18.7. The van der Waals surface area contributed by atoms with Crippen molar-refractivity contribution in [2.75, 3.05) is 26.2 Å². The molecule has 2 amide bonds. The van der Waals surface area contributed by atoms with Crippen LogP contribution in [-0.4, -0.2) is 59.9 Å². The Kier molecular flexibility index (Phi) is 5.59. The fraction of sp³-hybridized carbons (Fsp3) is 0.350. The second-order valence-corrected chi connectivity index (χ2v) is 6.51. The van der Waals surface area contributed by atoms with Crippen molar-refractivity contribution in [1.29, 1.82) is 0 Å². The monoisotopic (exact) mass is 370 g/mol. The van der Waals surface area contributed by atoms with Gasteiger partial charge in [0.1, 0.15) is 0 Å². The molecule has 1 atom stereocenters. The Balaban J connectivity index is 1.51. The van der Waals surface area contributed by atoms with E-state index in [0.29, 0.717) is 31.7 Å². The SMILES string of the molecule is Cc1ccc(C(=O)O[C@H](C)C(=O)N2CCN(C(=O)c3ccco3)CC2)cc1. The van der Waals surface area contributed by atoms with Gasteiger partial charge >= 0.3 is 5.97 Å². The van der Waals surface area contributed by atoms with Crippen LogP contribution in [0.1, 0.15) is 33.4 Å². The Morgan fingerprint density at radius 3 is 2.22 bits per heavy atom. The highest BCUT2D eigenvalue weighted by Crippen LogP contribution is 2.12. The number of carbonyl (C=O) groups excluding carboxylic acids is 3. The van der Waals surface area contributed by atoms with Crippen LogP contribution in [0.15, 0.2) is 47.1 Å². The van der Waals surface area contributed by atoms with Crippen molar-refractivity contribution in [3.8, 4) is 0 Å². The number of aryl methyl sites for hydroxylation is 1. The van der Waals surface area contributed by atoms with Gasteiger partial charge < -0.3 is 19.0 Å². The Bertz CT molecular complexity index is 805. The first-order chi connectivity index (χ1) is 13.0. The largest absolute Gasteiger partial charge is 0.459 e. The molecule has 1 aromatic heterocycles. The predicted molar refractivity (Wildman–Crippen MR) is 97.2 cm³/mol. The minimum Gasteiger partial charge on any atom is -0.459 e. The maximum absolute atomic E-state index is 12.6. The van der Waals surface area contributed by atoms with E-state index in [-0.39, 0.29) is 17.6 Å². The van der Waals surface area contributed by atoms with Gasteiger partial charge in [0.15, 0.2) is 11.9 Å². The van der Waals surface area contributed by atoms with Gasteiger partial charge in [0.25, 0.3) is 11.8 Å². The lowest BCUT2D eigenvalue weighted by Gasteiger charge is -2.35. The van der Waals surface area contributed by atoms with Gasteiger partial charge in [-0.3, -0.25) is 9.59 Å². The lowest BCUT2D eigenvalue weighted by Crippen LogP contribution is -2.53. The first-order valence-electron chi connectivity index (χ1n) is 8.85. The summed E-state index contributed by atoms with van der Waals surface area (Å²) in [6.07, 6.45) is 0.572. The van der Waals surface area contributed by atoms with E-state index in [1.807, 2.05) is 19.1 Å². The number of carbonyl (C=O) groups is 3. The van der Waals surface area contributed by atoms with Crippen LogP contribution in [0.2, 0.25) is 0 Å². The number of nitrogens with zero attached hydrogens (tertiary/aromatic N) is 2. The van der Waals surface area contributed by atoms with E-state index in [4.69, 9.17) is 9.15 Å². The molecule has 1 fully saturated rings. The molecule has 1 saturated heterocycles. The van der Waals surface area contributed by atoms with Gasteiger partial charge in [0, 0.05) is 26.2 Å². The molecule has 27 heavy (non-hydrogen) atoms. The zero-order valence-corrected chi connectivity index (χ0v) is 15.4. The average Bonchev–Trinajstić information content (AvgIpc) is 3.22. The van der Waals surface area contributed by atoms with E-state index in [2.05, 4.69) is 0 Å². The third kappa shape index (κ3) is 4.36. The van der Waals surface area contributed by atoms with E-state index < -0.39 is 12.1 Å². The summed E-state index contributed by atoms with van der Waals surface area (Å²) in [6, 6.07) is 10.3. The summed E-state index contributed by atoms with van der Waals surface area (Å²) < 4.78 is 10.4. The summed E-state index contributed by atoms with van der Waals surface area (Å²) in [5, 5.41) is 0. The number of benzene rings is 1. The van der Waals surface area contributed by atoms with Crippen LogP contribution in [-0.2, 0) is 9.53 Å². The lowest BCUT2D eigenvalue weighted by molar-refractivity contribution is -0.141. The van der Waals surface area contributed by atoms with Crippen molar-refractivity contribution >= 4 is 17.8 Å². The highest BCUT2D eigenvalue weighted by molar-refractivity contribution is 5.93. The zero-order valence-electron chi connectivity index (χ0n) is 15.4. The third-order valence-electron chi connectivity index (χ3n) is 4.53. The minimum atomic E-state index is -0.883. The molecular formula is C20H22N2O5. The molecule has 0 unspecified atom stereocenters. The van der Waals surface area contributed by atoms with Gasteiger partial charge in [-0.05, 0) is 38.1 Å². The summed E-state index contributed by atoms with van der Waals surface area (Å²) >= 11 is 0. The number of furan rings is 1. The second kappa shape index (κ2) is 8.07. The quantitative estimate of drug-likeness (QED) is 0.770. The van der Waals surface area contributed by atoms with Gasteiger partial charge in [0.2, 0.25) is 0 Å². The molecular weight excluding hydrogens is 348 g/mol. The Morgan fingerprint density at radius 1 is 1.00 bits per heavy atom. The fourth-order valence-electron chi connectivity index (χ4n) is 2.91. The van der Waals surface area contributed by atoms with E-state index in [9.17, 15) is 14.4 Å². The van der Waals surface area contributed by atoms with Crippen molar-refractivity contribution in [3.63, 3.8) is 0 Å². The van der Waals surface area contributed by atoms with Gasteiger partial charge in [-0.1, -0.05) is 17.7 Å². The molecule has 1 aromatic carbocycles. The Labute approximate surface area is 157 Å². The predicted octanol–water partition coefficient (Wildman–Crippen LogP) is 2.12. The van der Waals surface area contributed by atoms with Gasteiger partial charge in [-0.15, -0.1) is 0 Å². The van der Waals surface area contributed by atoms with Crippen LogP contribution in [0.4, 0.5) is 0 Å². The highest BCUT2D eigenvalue weighted by atomic mass is 16.5. The Hall–Kier alpha value is -3.09. The maximum Gasteiger partial charge on any atom is 0.338 e. The molecule has 7 heteroatoms. The molecule has 142 valence electrons. The molecule has 0 bridgehead atoms. The van der Waals surface area contributed by atoms with Crippen LogP contribution in [0.25, 0.3) is 0 Å². The van der Waals surface area contributed by atoms with Crippen molar-refractivity contribution in [2.24, 2.45) is 0 Å². The number of hydrogen-bond donors (Lipinski definition) is 0. The maximum atomic E-state index is 12.6. The summed E-state index contributed by atoms with van der Waals surface area (Å²) in [5.41, 5.74) is 1.45. The molecule has 7 nitrogen and oxygen atoms in total. The molecule has 3 rings (SSSR count). The van der Waals surface area contributed by atoms with E-state index in [1.165, 1.54) is 6.26 Å². The fourth-order valence-corrected chi connectivity index (χ4v) is 2.91. The van der Waals surface area contributed by atoms with Crippen molar-refractivity contribution in [1.82, 2.24) is 9.80 Å². The molecule has 0 aliphatic carbocycles. The van der Waals surface area contributed by atoms with Gasteiger partial charge in [-0.2, -0.15) is 0 Å². The minimum absolute atomic E-state index is 0.189. The molecule has 0 spiro atoms. The number of hydrogen-bond acceptors (Lipinski definition) is 5. The van der Waals surface area contributed by atoms with Crippen LogP contribution >= 0.6 is 0 Å². The highest BCUT2D eigenvalue weighted by Gasteiger charge is 2.29. The zero-order chi connectivity index (χ0) is 19.4. The smallest absolute Gasteiger partial charge is 0.338 e. The molecule has 2 heterocycles. The van der Waals surface area contributed by atoms with Crippen LogP contribution in [0.3, 0.4) is 0 Å². The normalized spacial score (nSPS) is 15.3. The van der Waals surface area contributed by atoms with Gasteiger partial charge in [-0.25, -0.2) is 4.79 Å². The number of ether oxygens (including phenoxy) is 1. The molecule has 1 aliphatic heterocycles. The average molecular weight is 370 g/mol. The Morgan fingerprint density at radius 2 is 1.63 bits per heavy atom. The number of amides is 2. The number of rotatable bonds is 4. The molecule has 0 saturated carbocycles. The molecule has 0 radical (unpaired) electrons. The summed E-state index contributed by atoms with van der Waals surface area (Å²) in [5.74, 6) is -0.691. The molecule has 0 N–H and O–H groups in total. The van der Waals surface area contributed by atoms with Gasteiger partial charge in [0.05, 0.1) is 11.8 Å². The number of esters is 1. The van der Waals surface area contributed by atoms with Crippen LogP contribution in [0, 0.1) is 6.92 Å². The van der Waals surface area contributed by atoms with E-state index >= 15 is 0 Å². The molecule has 1 aliphatic rings. The number of piperazine rings is 1. The summed E-state index contributed by atoms with van der Waals surface area (Å²) in [7, 11) is 0. The summed E-state index contributed by atoms with van der Waals surface area (Å²) in [6.45, 7) is 5.08. The topological polar surface area (TPSA) is 80.1 Å². The van der Waals surface area contributed by atoms with Crippen molar-refractivity contribution in [3.05, 3.63) is 59.5 Å². The first-order valence-corrected chi connectivity index (χ1v) is 8.85. The lowest BCUT2D eigenvalue weighted by atomic mass is 10.1. The molecule has 2 aromatic rings. The summed E-state index contributed by atoms with van der Waals surface area (Å²) in [4.78, 5) is 40.2. The van der Waals surface area contributed by atoms with Crippen molar-refractivity contribution in [2.45, 2.75) is 20.0 Å². The standard InChI is InChI=1S/C20H22N2O5/c1-14-5-7-16(8-6-14)20(25)27-15(2)18(23)21-9-11-22(12-10-21)19(24)17-4-3-13-26-17/h3-8,13,15H,9-12H2,1-2H3/t15-/m1/s1. The second-order valence-electron chi connectivity index (χ2n) is 6.51. The van der Waals surface area contributed by atoms with Crippen LogP contribution in [0.5, 0.6) is 0 Å². The van der Waals surface area contributed by atoms with E-state index in [0.717, 1.165) is 5.56 Å². The third-order valence-corrected chi connectivity index (χ3v) is 4.53. The van der Waals surface area contributed by atoms with Crippen molar-refractivity contribution < 1.29 is 23.5 Å². The van der Waals surface area contributed by atoms with Crippen LogP contribution < -0.4 is 0 Å².